The summed E-state index contributed by atoms with van der Waals surface area (Å²) in [6, 6.07) is 63.0. The van der Waals surface area contributed by atoms with Crippen LogP contribution in [0.4, 0.5) is 34.1 Å². The van der Waals surface area contributed by atoms with Crippen molar-refractivity contribution in [3.8, 4) is 11.1 Å². The molecule has 0 saturated carbocycles. The van der Waals surface area contributed by atoms with E-state index in [1.807, 2.05) is 0 Å². The first-order valence-electron chi connectivity index (χ1n) is 17.3. The number of anilines is 6. The van der Waals surface area contributed by atoms with Crippen molar-refractivity contribution in [1.82, 2.24) is 0 Å². The summed E-state index contributed by atoms with van der Waals surface area (Å²) in [7, 11) is 0. The van der Waals surface area contributed by atoms with Crippen LogP contribution in [-0.2, 0) is 5.41 Å². The van der Waals surface area contributed by atoms with Gasteiger partial charge in [0, 0.05) is 11.4 Å². The summed E-state index contributed by atoms with van der Waals surface area (Å²) in [4.78, 5) is 4.87. The van der Waals surface area contributed by atoms with Crippen LogP contribution < -0.4 is 9.80 Å². The first-order chi connectivity index (χ1) is 24.1. The third-order valence-corrected chi connectivity index (χ3v) is 10.5. The SMILES string of the molecule is Cc1cccc(C2(c3ccccc3)c3ccccc3-c3ccc(N4c5ccccc5N(c5ccc(C(C)C)cc5)c5ccccc54)cc32)c1. The minimum Gasteiger partial charge on any atom is -0.306 e. The number of rotatable bonds is 5. The third-order valence-electron chi connectivity index (χ3n) is 10.5. The van der Waals surface area contributed by atoms with Gasteiger partial charge in [0.05, 0.1) is 28.2 Å². The number of hydrogen-bond donors (Lipinski definition) is 0. The largest absolute Gasteiger partial charge is 0.306 e. The van der Waals surface area contributed by atoms with Crippen LogP contribution in [-0.4, -0.2) is 0 Å². The molecule has 49 heavy (non-hydrogen) atoms. The quantitative estimate of drug-likeness (QED) is 0.187. The number of hydrogen-bond acceptors (Lipinski definition) is 2. The maximum absolute atomic E-state index is 2.46. The van der Waals surface area contributed by atoms with E-state index in [2.05, 4.69) is 200 Å². The number of nitrogens with zero attached hydrogens (tertiary/aromatic N) is 2. The summed E-state index contributed by atoms with van der Waals surface area (Å²) in [5.41, 5.74) is 16.9. The Labute approximate surface area is 289 Å². The Hall–Kier alpha value is -5.86. The van der Waals surface area contributed by atoms with Crippen LogP contribution >= 0.6 is 0 Å². The van der Waals surface area contributed by atoms with E-state index < -0.39 is 5.41 Å². The smallest absolute Gasteiger partial charge is 0.0714 e. The monoisotopic (exact) mass is 630 g/mol. The molecular formula is C47H38N2. The molecule has 9 rings (SSSR count). The summed E-state index contributed by atoms with van der Waals surface area (Å²) < 4.78 is 0. The molecule has 1 aliphatic heterocycles. The Morgan fingerprint density at radius 1 is 0.429 bits per heavy atom. The fourth-order valence-electron chi connectivity index (χ4n) is 8.27. The number of aryl methyl sites for hydroxylation is 1. The van der Waals surface area contributed by atoms with Gasteiger partial charge in [-0.15, -0.1) is 0 Å². The Morgan fingerprint density at radius 3 is 1.59 bits per heavy atom. The second-order valence-corrected chi connectivity index (χ2v) is 13.7. The molecule has 0 fully saturated rings. The Balaban J connectivity index is 1.29. The molecule has 1 unspecified atom stereocenters. The molecule has 2 nitrogen and oxygen atoms in total. The number of benzene rings is 7. The van der Waals surface area contributed by atoms with E-state index in [4.69, 9.17) is 0 Å². The predicted octanol–water partition coefficient (Wildman–Crippen LogP) is 12.7. The van der Waals surface area contributed by atoms with Gasteiger partial charge < -0.3 is 9.80 Å². The van der Waals surface area contributed by atoms with E-state index in [0.29, 0.717) is 5.92 Å². The molecule has 7 aromatic rings. The van der Waals surface area contributed by atoms with Gasteiger partial charge in [0.1, 0.15) is 0 Å². The zero-order valence-electron chi connectivity index (χ0n) is 28.1. The van der Waals surface area contributed by atoms with Crippen LogP contribution in [0.3, 0.4) is 0 Å². The van der Waals surface area contributed by atoms with Crippen molar-refractivity contribution >= 4 is 34.1 Å². The molecule has 0 amide bonds. The molecule has 0 spiro atoms. The lowest BCUT2D eigenvalue weighted by atomic mass is 9.67. The molecule has 1 aliphatic carbocycles. The maximum atomic E-state index is 2.46. The van der Waals surface area contributed by atoms with Crippen molar-refractivity contribution in [2.45, 2.75) is 32.1 Å². The van der Waals surface area contributed by atoms with Crippen molar-refractivity contribution in [2.24, 2.45) is 0 Å². The molecule has 0 bridgehead atoms. The van der Waals surface area contributed by atoms with Gasteiger partial charge in [-0.25, -0.2) is 0 Å². The maximum Gasteiger partial charge on any atom is 0.0714 e. The first kappa shape index (κ1) is 29.3. The molecule has 2 heteroatoms. The minimum atomic E-state index is -0.464. The van der Waals surface area contributed by atoms with E-state index >= 15 is 0 Å². The topological polar surface area (TPSA) is 6.48 Å². The highest BCUT2D eigenvalue weighted by Crippen LogP contribution is 2.59. The summed E-state index contributed by atoms with van der Waals surface area (Å²) in [6.45, 7) is 6.70. The second-order valence-electron chi connectivity index (χ2n) is 13.7. The third kappa shape index (κ3) is 4.41. The van der Waals surface area contributed by atoms with Gasteiger partial charge in [0.25, 0.3) is 0 Å². The molecular weight excluding hydrogens is 593 g/mol. The highest BCUT2D eigenvalue weighted by Gasteiger charge is 2.46. The van der Waals surface area contributed by atoms with E-state index in [1.54, 1.807) is 0 Å². The fraction of sp³-hybridized carbons (Fsp3) is 0.106. The van der Waals surface area contributed by atoms with Crippen LogP contribution in [0.2, 0.25) is 0 Å². The fourth-order valence-corrected chi connectivity index (χ4v) is 8.27. The molecule has 0 N–H and O–H groups in total. The Kier molecular flexibility index (Phi) is 6.81. The molecule has 0 aromatic heterocycles. The lowest BCUT2D eigenvalue weighted by Crippen LogP contribution is -2.29. The van der Waals surface area contributed by atoms with Crippen molar-refractivity contribution in [1.29, 1.82) is 0 Å². The molecule has 0 radical (unpaired) electrons. The van der Waals surface area contributed by atoms with Gasteiger partial charge >= 0.3 is 0 Å². The van der Waals surface area contributed by atoms with Gasteiger partial charge in [-0.1, -0.05) is 141 Å². The van der Waals surface area contributed by atoms with Crippen LogP contribution in [0.1, 0.15) is 53.1 Å². The zero-order chi connectivity index (χ0) is 33.1. The summed E-state index contributed by atoms with van der Waals surface area (Å²) in [6.07, 6.45) is 0. The summed E-state index contributed by atoms with van der Waals surface area (Å²) >= 11 is 0. The Bertz CT molecular complexity index is 2290. The molecule has 7 aromatic carbocycles. The zero-order valence-corrected chi connectivity index (χ0v) is 28.1. The Morgan fingerprint density at radius 2 is 0.959 bits per heavy atom. The average molecular weight is 631 g/mol. The van der Waals surface area contributed by atoms with Crippen molar-refractivity contribution in [3.05, 3.63) is 203 Å². The van der Waals surface area contributed by atoms with Crippen molar-refractivity contribution in [2.75, 3.05) is 9.80 Å². The lowest BCUT2D eigenvalue weighted by molar-refractivity contribution is 0.767. The standard InChI is InChI=1S/C47H38N2/c1-32(2)34-24-26-37(27-25-34)48-43-20-9-11-22-45(43)49(46-23-12-10-21-44(46)48)38-28-29-40-39-18-7-8-19-41(39)47(42(40)31-38,35-15-5-4-6-16-35)36-17-13-14-33(3)30-36/h4-32H,1-3H3. The van der Waals surface area contributed by atoms with Crippen molar-refractivity contribution < 1.29 is 0 Å². The van der Waals surface area contributed by atoms with E-state index in [0.717, 1.165) is 34.1 Å². The van der Waals surface area contributed by atoms with Crippen molar-refractivity contribution in [3.63, 3.8) is 0 Å². The molecule has 2 aliphatic rings. The highest BCUT2D eigenvalue weighted by atomic mass is 15.3. The summed E-state index contributed by atoms with van der Waals surface area (Å²) in [5.74, 6) is 0.485. The van der Waals surface area contributed by atoms with Crippen LogP contribution in [0.25, 0.3) is 11.1 Å². The van der Waals surface area contributed by atoms with E-state index in [-0.39, 0.29) is 0 Å². The average Bonchev–Trinajstić information content (AvgIpc) is 3.44. The van der Waals surface area contributed by atoms with Gasteiger partial charge in [0.15, 0.2) is 0 Å². The first-order valence-corrected chi connectivity index (χ1v) is 17.3. The summed E-state index contributed by atoms with van der Waals surface area (Å²) in [5, 5.41) is 0. The highest BCUT2D eigenvalue weighted by molar-refractivity contribution is 6.02. The molecule has 0 saturated heterocycles. The van der Waals surface area contributed by atoms with Crippen LogP contribution in [0.15, 0.2) is 170 Å². The van der Waals surface area contributed by atoms with Gasteiger partial charge in [-0.3, -0.25) is 0 Å². The van der Waals surface area contributed by atoms with Gasteiger partial charge in [0.2, 0.25) is 0 Å². The van der Waals surface area contributed by atoms with Gasteiger partial charge in [-0.05, 0) is 100 Å². The predicted molar refractivity (Wildman–Crippen MR) is 205 cm³/mol. The van der Waals surface area contributed by atoms with E-state index in [1.165, 1.54) is 44.5 Å². The van der Waals surface area contributed by atoms with Crippen LogP contribution in [0.5, 0.6) is 0 Å². The normalized spacial score (nSPS) is 15.8. The molecule has 1 heterocycles. The number of fused-ring (bicyclic) bond motifs is 5. The minimum absolute atomic E-state index is 0.464. The van der Waals surface area contributed by atoms with Gasteiger partial charge in [-0.2, -0.15) is 0 Å². The lowest BCUT2D eigenvalue weighted by Gasteiger charge is -2.41. The number of para-hydroxylation sites is 4. The molecule has 236 valence electrons. The molecule has 1 atom stereocenters. The van der Waals surface area contributed by atoms with Crippen LogP contribution in [0, 0.1) is 6.92 Å². The second kappa shape index (κ2) is 11.4. The van der Waals surface area contributed by atoms with E-state index in [9.17, 15) is 0 Å².